The Kier molecular flexibility index (Phi) is 6.85. The van der Waals surface area contributed by atoms with Crippen LogP contribution in [0.4, 0.5) is 5.69 Å². The van der Waals surface area contributed by atoms with Crippen LogP contribution in [0.25, 0.3) is 0 Å². The number of aliphatic hydroxyl groups excluding tert-OH is 1. The number of carbonyl (C=O) groups is 2. The number of piperidine rings is 1. The molecule has 3 rings (SSSR count). The number of anilines is 1. The lowest BCUT2D eigenvalue weighted by Crippen LogP contribution is -2.46. The molecular formula is C21H31N3O3. The number of β-amino-alcohol motifs (C(OH)–C–C–N with tert-alkyl or cyclic N) is 1. The molecule has 0 bridgehead atoms. The van der Waals surface area contributed by atoms with Gasteiger partial charge >= 0.3 is 0 Å². The molecule has 2 N–H and O–H groups in total. The lowest BCUT2D eigenvalue weighted by atomic mass is 10.1. The number of aliphatic hydroxyl groups is 1. The van der Waals surface area contributed by atoms with Gasteiger partial charge in [-0.25, -0.2) is 0 Å². The number of aryl methyl sites for hydroxylation is 1. The van der Waals surface area contributed by atoms with Gasteiger partial charge in [0.2, 0.25) is 11.8 Å². The number of carbonyl (C=O) groups excluding carboxylic acids is 2. The fourth-order valence-electron chi connectivity index (χ4n) is 4.05. The largest absolute Gasteiger partial charge is 0.390 e. The van der Waals surface area contributed by atoms with E-state index in [-0.39, 0.29) is 30.7 Å². The van der Waals surface area contributed by atoms with Crippen molar-refractivity contribution in [3.63, 3.8) is 0 Å². The molecule has 2 atom stereocenters. The molecule has 27 heavy (non-hydrogen) atoms. The van der Waals surface area contributed by atoms with Crippen LogP contribution in [0.15, 0.2) is 24.3 Å². The summed E-state index contributed by atoms with van der Waals surface area (Å²) in [5, 5.41) is 13.2. The van der Waals surface area contributed by atoms with Gasteiger partial charge in [0, 0.05) is 31.6 Å². The minimum absolute atomic E-state index is 0.0415. The minimum atomic E-state index is -0.488. The van der Waals surface area contributed by atoms with Gasteiger partial charge in [0.15, 0.2) is 0 Å². The van der Waals surface area contributed by atoms with Gasteiger partial charge in [-0.15, -0.1) is 0 Å². The van der Waals surface area contributed by atoms with Crippen LogP contribution in [0, 0.1) is 0 Å². The molecule has 0 radical (unpaired) electrons. The molecule has 6 heteroatoms. The fraction of sp³-hybridized carbons (Fsp3) is 0.619. The number of benzene rings is 1. The van der Waals surface area contributed by atoms with E-state index in [0.29, 0.717) is 13.1 Å². The average Bonchev–Trinajstić information content (AvgIpc) is 3.08. The maximum atomic E-state index is 12.5. The van der Waals surface area contributed by atoms with E-state index in [9.17, 15) is 14.7 Å². The summed E-state index contributed by atoms with van der Waals surface area (Å²) < 4.78 is 0. The first-order valence-electron chi connectivity index (χ1n) is 10.2. The van der Waals surface area contributed by atoms with E-state index in [0.717, 1.165) is 38.0 Å². The molecule has 2 heterocycles. The molecular weight excluding hydrogens is 342 g/mol. The highest BCUT2D eigenvalue weighted by atomic mass is 16.3. The number of nitrogens with one attached hydrogen (secondary N) is 1. The lowest BCUT2D eigenvalue weighted by Gasteiger charge is -2.33. The SMILES string of the molecule is CCc1cccc(NC(=O)CCC(=O)N2C[C@H](O)[C@@H](N3CCCCC3)C2)c1. The summed E-state index contributed by atoms with van der Waals surface area (Å²) >= 11 is 0. The Hall–Kier alpha value is -1.92. The maximum absolute atomic E-state index is 12.5. The first kappa shape index (κ1) is 19.8. The Labute approximate surface area is 161 Å². The van der Waals surface area contributed by atoms with Crippen molar-refractivity contribution in [2.24, 2.45) is 0 Å². The standard InChI is InChI=1S/C21H31N3O3/c1-2-16-7-6-8-17(13-16)22-20(26)9-10-21(27)24-14-18(19(25)15-24)23-11-4-3-5-12-23/h6-8,13,18-19,25H,2-5,9-12,14-15H2,1H3,(H,22,26)/t18-,19-/m0/s1. The second kappa shape index (κ2) is 9.33. The third-order valence-corrected chi connectivity index (χ3v) is 5.66. The van der Waals surface area contributed by atoms with Crippen LogP contribution in [-0.4, -0.2) is 65.0 Å². The van der Waals surface area contributed by atoms with Crippen LogP contribution in [0.5, 0.6) is 0 Å². The number of hydrogen-bond acceptors (Lipinski definition) is 4. The van der Waals surface area contributed by atoms with Crippen molar-refractivity contribution in [2.75, 3.05) is 31.5 Å². The topological polar surface area (TPSA) is 72.9 Å². The molecule has 0 saturated carbocycles. The molecule has 0 aliphatic carbocycles. The van der Waals surface area contributed by atoms with Crippen LogP contribution in [0.3, 0.4) is 0 Å². The van der Waals surface area contributed by atoms with Crippen molar-refractivity contribution in [3.05, 3.63) is 29.8 Å². The van der Waals surface area contributed by atoms with E-state index >= 15 is 0 Å². The smallest absolute Gasteiger partial charge is 0.224 e. The number of amides is 2. The Bertz CT molecular complexity index is 658. The van der Waals surface area contributed by atoms with E-state index in [1.165, 1.54) is 12.0 Å². The summed E-state index contributed by atoms with van der Waals surface area (Å²) in [6.07, 6.45) is 4.34. The molecule has 2 aliphatic rings. The van der Waals surface area contributed by atoms with Gasteiger partial charge < -0.3 is 15.3 Å². The third kappa shape index (κ3) is 5.30. The zero-order chi connectivity index (χ0) is 19.2. The minimum Gasteiger partial charge on any atom is -0.390 e. The summed E-state index contributed by atoms with van der Waals surface area (Å²) in [5.74, 6) is -0.199. The summed E-state index contributed by atoms with van der Waals surface area (Å²) in [4.78, 5) is 28.7. The number of rotatable bonds is 6. The Morgan fingerprint density at radius 3 is 2.67 bits per heavy atom. The third-order valence-electron chi connectivity index (χ3n) is 5.66. The second-order valence-corrected chi connectivity index (χ2v) is 7.63. The van der Waals surface area contributed by atoms with Gasteiger partial charge in [-0.05, 0) is 50.0 Å². The van der Waals surface area contributed by atoms with Crippen LogP contribution in [0.1, 0.15) is 44.6 Å². The first-order valence-corrected chi connectivity index (χ1v) is 10.2. The van der Waals surface area contributed by atoms with E-state index in [2.05, 4.69) is 17.1 Å². The van der Waals surface area contributed by atoms with Crippen LogP contribution in [-0.2, 0) is 16.0 Å². The van der Waals surface area contributed by atoms with Crippen molar-refractivity contribution >= 4 is 17.5 Å². The van der Waals surface area contributed by atoms with Crippen molar-refractivity contribution in [2.45, 2.75) is 57.6 Å². The van der Waals surface area contributed by atoms with Crippen LogP contribution < -0.4 is 5.32 Å². The average molecular weight is 373 g/mol. The molecule has 2 saturated heterocycles. The van der Waals surface area contributed by atoms with Crippen LogP contribution in [0.2, 0.25) is 0 Å². The number of hydrogen-bond donors (Lipinski definition) is 2. The Morgan fingerprint density at radius 1 is 1.15 bits per heavy atom. The molecule has 1 aromatic carbocycles. The molecule has 0 spiro atoms. The van der Waals surface area contributed by atoms with Crippen molar-refractivity contribution in [1.82, 2.24) is 9.80 Å². The molecule has 148 valence electrons. The Balaban J connectivity index is 1.45. The molecule has 1 aromatic rings. The second-order valence-electron chi connectivity index (χ2n) is 7.63. The van der Waals surface area contributed by atoms with E-state index in [4.69, 9.17) is 0 Å². The van der Waals surface area contributed by atoms with Gasteiger partial charge in [-0.1, -0.05) is 25.5 Å². The molecule has 2 aliphatic heterocycles. The molecule has 2 fully saturated rings. The monoisotopic (exact) mass is 373 g/mol. The number of nitrogens with zero attached hydrogens (tertiary/aromatic N) is 2. The predicted molar refractivity (Wildman–Crippen MR) is 105 cm³/mol. The van der Waals surface area contributed by atoms with Gasteiger partial charge in [0.1, 0.15) is 0 Å². The quantitative estimate of drug-likeness (QED) is 0.800. The van der Waals surface area contributed by atoms with Crippen molar-refractivity contribution < 1.29 is 14.7 Å². The first-order chi connectivity index (χ1) is 13.1. The van der Waals surface area contributed by atoms with E-state index in [1.807, 2.05) is 24.3 Å². The van der Waals surface area contributed by atoms with E-state index < -0.39 is 6.10 Å². The number of likely N-dealkylation sites (tertiary alicyclic amines) is 2. The van der Waals surface area contributed by atoms with Crippen molar-refractivity contribution in [1.29, 1.82) is 0 Å². The summed E-state index contributed by atoms with van der Waals surface area (Å²) in [6, 6.07) is 7.81. The highest BCUT2D eigenvalue weighted by molar-refractivity contribution is 5.93. The lowest BCUT2D eigenvalue weighted by molar-refractivity contribution is -0.132. The summed E-state index contributed by atoms with van der Waals surface area (Å²) in [5.41, 5.74) is 1.94. The van der Waals surface area contributed by atoms with E-state index in [1.54, 1.807) is 4.90 Å². The predicted octanol–water partition coefficient (Wildman–Crippen LogP) is 2.03. The fourth-order valence-corrected chi connectivity index (χ4v) is 4.05. The van der Waals surface area contributed by atoms with Gasteiger partial charge in [-0.2, -0.15) is 0 Å². The summed E-state index contributed by atoms with van der Waals surface area (Å²) in [6.45, 7) is 5.02. The summed E-state index contributed by atoms with van der Waals surface area (Å²) in [7, 11) is 0. The van der Waals surface area contributed by atoms with Gasteiger partial charge in [0.05, 0.1) is 12.1 Å². The Morgan fingerprint density at radius 2 is 1.93 bits per heavy atom. The molecule has 2 amide bonds. The molecule has 6 nitrogen and oxygen atoms in total. The molecule has 0 unspecified atom stereocenters. The van der Waals surface area contributed by atoms with Crippen molar-refractivity contribution in [3.8, 4) is 0 Å². The highest BCUT2D eigenvalue weighted by Gasteiger charge is 2.37. The maximum Gasteiger partial charge on any atom is 0.224 e. The zero-order valence-corrected chi connectivity index (χ0v) is 16.2. The van der Waals surface area contributed by atoms with Gasteiger partial charge in [0.25, 0.3) is 0 Å². The zero-order valence-electron chi connectivity index (χ0n) is 16.2. The van der Waals surface area contributed by atoms with Crippen LogP contribution >= 0.6 is 0 Å². The molecule has 0 aromatic heterocycles. The normalized spacial score (nSPS) is 23.4. The van der Waals surface area contributed by atoms with Gasteiger partial charge in [-0.3, -0.25) is 14.5 Å². The highest BCUT2D eigenvalue weighted by Crippen LogP contribution is 2.21.